The molecule has 28 heavy (non-hydrogen) atoms. The number of hydrogen-bond acceptors (Lipinski definition) is 5. The summed E-state index contributed by atoms with van der Waals surface area (Å²) in [6, 6.07) is 10.4. The Morgan fingerprint density at radius 1 is 1.04 bits per heavy atom. The van der Waals surface area contributed by atoms with Crippen molar-refractivity contribution in [1.29, 1.82) is 0 Å². The van der Waals surface area contributed by atoms with Crippen molar-refractivity contribution < 1.29 is 0 Å². The number of nitrogens with zero attached hydrogens (tertiary/aromatic N) is 5. The number of benzene rings is 1. The number of fused-ring (bicyclic) bond motifs is 1. The standard InChI is InChI=1S/C21H26N6.ClH/c1-15-11-20(23-16(2)22-15)27-10-8-21(14-27)7-9-26(13-21)12-19-24-17-5-3-4-6-18(17)25-19;/h3-6,11H,7-10,12-14H2,1-2H3,(H,24,25);1H. The second kappa shape index (κ2) is 7.33. The number of hydrogen-bond donors (Lipinski definition) is 1. The Balaban J connectivity index is 0.00000192. The zero-order valence-corrected chi connectivity index (χ0v) is 17.3. The van der Waals surface area contributed by atoms with Gasteiger partial charge in [0.15, 0.2) is 0 Å². The number of rotatable bonds is 3. The average Bonchev–Trinajstić information content (AvgIpc) is 3.33. The first kappa shape index (κ1) is 19.2. The van der Waals surface area contributed by atoms with Gasteiger partial charge in [0, 0.05) is 36.8 Å². The summed E-state index contributed by atoms with van der Waals surface area (Å²) in [4.78, 5) is 22.3. The number of anilines is 1. The van der Waals surface area contributed by atoms with Crippen molar-refractivity contribution in [3.63, 3.8) is 0 Å². The van der Waals surface area contributed by atoms with Crippen molar-refractivity contribution in [3.05, 3.63) is 47.7 Å². The van der Waals surface area contributed by atoms with Crippen LogP contribution in [0.1, 0.15) is 30.2 Å². The highest BCUT2D eigenvalue weighted by Gasteiger charge is 2.43. The Bertz CT molecular complexity index is 933. The van der Waals surface area contributed by atoms with Crippen LogP contribution in [-0.2, 0) is 6.54 Å². The lowest BCUT2D eigenvalue weighted by Crippen LogP contribution is -2.31. The number of nitrogens with one attached hydrogen (secondary N) is 1. The number of para-hydroxylation sites is 2. The van der Waals surface area contributed by atoms with Gasteiger partial charge in [-0.2, -0.15) is 0 Å². The highest BCUT2D eigenvalue weighted by Crippen LogP contribution is 2.41. The fourth-order valence-electron chi connectivity index (χ4n) is 4.78. The summed E-state index contributed by atoms with van der Waals surface area (Å²) in [5, 5.41) is 0. The van der Waals surface area contributed by atoms with E-state index in [1.165, 1.54) is 12.8 Å². The van der Waals surface area contributed by atoms with Crippen molar-refractivity contribution in [3.8, 4) is 0 Å². The van der Waals surface area contributed by atoms with Crippen LogP contribution in [0.5, 0.6) is 0 Å². The highest BCUT2D eigenvalue weighted by atomic mass is 35.5. The second-order valence-corrected chi connectivity index (χ2v) is 8.25. The molecule has 1 spiro atoms. The number of aromatic nitrogens is 4. The number of imidazole rings is 1. The molecule has 0 radical (unpaired) electrons. The van der Waals surface area contributed by atoms with Gasteiger partial charge in [-0.15, -0.1) is 12.4 Å². The lowest BCUT2D eigenvalue weighted by molar-refractivity contribution is 0.266. The summed E-state index contributed by atoms with van der Waals surface area (Å²) < 4.78 is 0. The fraction of sp³-hybridized carbons (Fsp3) is 0.476. The van der Waals surface area contributed by atoms with Gasteiger partial charge in [0.1, 0.15) is 17.5 Å². The lowest BCUT2D eigenvalue weighted by atomic mass is 9.86. The maximum Gasteiger partial charge on any atom is 0.132 e. The molecule has 3 aromatic rings. The molecule has 1 unspecified atom stereocenters. The molecule has 0 amide bonds. The topological polar surface area (TPSA) is 60.9 Å². The highest BCUT2D eigenvalue weighted by molar-refractivity contribution is 5.85. The minimum atomic E-state index is 0. The molecule has 2 aromatic heterocycles. The minimum Gasteiger partial charge on any atom is -0.356 e. The zero-order chi connectivity index (χ0) is 18.4. The van der Waals surface area contributed by atoms with Gasteiger partial charge in [-0.3, -0.25) is 4.90 Å². The van der Waals surface area contributed by atoms with Gasteiger partial charge >= 0.3 is 0 Å². The zero-order valence-electron chi connectivity index (χ0n) is 16.5. The summed E-state index contributed by atoms with van der Waals surface area (Å²) >= 11 is 0. The van der Waals surface area contributed by atoms with E-state index in [-0.39, 0.29) is 12.4 Å². The van der Waals surface area contributed by atoms with Crippen molar-refractivity contribution in [1.82, 2.24) is 24.8 Å². The van der Waals surface area contributed by atoms with Crippen LogP contribution in [-0.4, -0.2) is 51.0 Å². The molecule has 5 rings (SSSR count). The average molecular weight is 399 g/mol. The van der Waals surface area contributed by atoms with Gasteiger partial charge in [0.25, 0.3) is 0 Å². The van der Waals surface area contributed by atoms with Crippen LogP contribution in [0.4, 0.5) is 5.82 Å². The number of aryl methyl sites for hydroxylation is 2. The Morgan fingerprint density at radius 3 is 2.68 bits per heavy atom. The van der Waals surface area contributed by atoms with E-state index >= 15 is 0 Å². The van der Waals surface area contributed by atoms with Crippen molar-refractivity contribution in [2.45, 2.75) is 33.2 Å². The summed E-state index contributed by atoms with van der Waals surface area (Å²) in [5.74, 6) is 3.03. The Morgan fingerprint density at radius 2 is 1.86 bits per heavy atom. The first-order valence-corrected chi connectivity index (χ1v) is 9.82. The van der Waals surface area contributed by atoms with Crippen LogP contribution in [0.25, 0.3) is 11.0 Å². The fourth-order valence-corrected chi connectivity index (χ4v) is 4.78. The van der Waals surface area contributed by atoms with Crippen LogP contribution in [0.3, 0.4) is 0 Å². The van der Waals surface area contributed by atoms with E-state index in [2.05, 4.69) is 55.9 Å². The molecule has 7 heteroatoms. The molecule has 1 atom stereocenters. The van der Waals surface area contributed by atoms with E-state index < -0.39 is 0 Å². The quantitative estimate of drug-likeness (QED) is 0.731. The van der Waals surface area contributed by atoms with Gasteiger partial charge in [0.05, 0.1) is 17.6 Å². The molecule has 1 N–H and O–H groups in total. The van der Waals surface area contributed by atoms with Crippen LogP contribution in [0, 0.1) is 19.3 Å². The monoisotopic (exact) mass is 398 g/mol. The minimum absolute atomic E-state index is 0. The van der Waals surface area contributed by atoms with Crippen LogP contribution < -0.4 is 4.90 Å². The molecular formula is C21H27ClN6. The number of H-pyrrole nitrogens is 1. The molecule has 2 fully saturated rings. The van der Waals surface area contributed by atoms with Crippen LogP contribution in [0.2, 0.25) is 0 Å². The molecule has 6 nitrogen and oxygen atoms in total. The maximum absolute atomic E-state index is 4.75. The molecule has 0 saturated carbocycles. The van der Waals surface area contributed by atoms with Crippen molar-refractivity contribution in [2.24, 2.45) is 5.41 Å². The normalized spacial score (nSPS) is 22.3. The predicted octanol–water partition coefficient (Wildman–Crippen LogP) is 3.49. The largest absolute Gasteiger partial charge is 0.356 e. The summed E-state index contributed by atoms with van der Waals surface area (Å²) in [6.45, 7) is 9.41. The summed E-state index contributed by atoms with van der Waals surface area (Å²) in [5.41, 5.74) is 3.63. The van der Waals surface area contributed by atoms with Crippen molar-refractivity contribution in [2.75, 3.05) is 31.1 Å². The third-order valence-electron chi connectivity index (χ3n) is 6.04. The van der Waals surface area contributed by atoms with E-state index in [0.29, 0.717) is 5.41 Å². The molecule has 148 valence electrons. The van der Waals surface area contributed by atoms with E-state index in [9.17, 15) is 0 Å². The molecule has 4 heterocycles. The van der Waals surface area contributed by atoms with Gasteiger partial charge in [-0.05, 0) is 45.4 Å². The first-order valence-electron chi connectivity index (χ1n) is 9.82. The second-order valence-electron chi connectivity index (χ2n) is 8.25. The third kappa shape index (κ3) is 3.59. The van der Waals surface area contributed by atoms with E-state index in [0.717, 1.165) is 66.9 Å². The van der Waals surface area contributed by atoms with Crippen LogP contribution >= 0.6 is 12.4 Å². The Hall–Kier alpha value is -2.18. The summed E-state index contributed by atoms with van der Waals surface area (Å²) in [6.07, 6.45) is 2.50. The maximum atomic E-state index is 4.75. The SMILES string of the molecule is Cc1cc(N2CCC3(CCN(Cc4nc5ccccc5[nH]4)C3)C2)nc(C)n1.Cl. The molecule has 2 aliphatic heterocycles. The molecular weight excluding hydrogens is 372 g/mol. The van der Waals surface area contributed by atoms with E-state index in [1.54, 1.807) is 0 Å². The van der Waals surface area contributed by atoms with Crippen molar-refractivity contribution >= 4 is 29.3 Å². The Labute approximate surface area is 171 Å². The molecule has 2 saturated heterocycles. The Kier molecular flexibility index (Phi) is 5.02. The van der Waals surface area contributed by atoms with Gasteiger partial charge in [0.2, 0.25) is 0 Å². The smallest absolute Gasteiger partial charge is 0.132 e. The van der Waals surface area contributed by atoms with E-state index in [4.69, 9.17) is 4.98 Å². The number of aromatic amines is 1. The van der Waals surface area contributed by atoms with Gasteiger partial charge < -0.3 is 9.88 Å². The molecule has 0 bridgehead atoms. The predicted molar refractivity (Wildman–Crippen MR) is 114 cm³/mol. The first-order chi connectivity index (χ1) is 13.1. The molecule has 2 aliphatic rings. The van der Waals surface area contributed by atoms with E-state index in [1.807, 2.05) is 13.0 Å². The van der Waals surface area contributed by atoms with Crippen LogP contribution in [0.15, 0.2) is 30.3 Å². The molecule has 0 aliphatic carbocycles. The molecule has 1 aromatic carbocycles. The van der Waals surface area contributed by atoms with Gasteiger partial charge in [-0.25, -0.2) is 15.0 Å². The lowest BCUT2D eigenvalue weighted by Gasteiger charge is -2.25. The number of halogens is 1. The third-order valence-corrected chi connectivity index (χ3v) is 6.04. The summed E-state index contributed by atoms with van der Waals surface area (Å²) in [7, 11) is 0. The van der Waals surface area contributed by atoms with Gasteiger partial charge in [-0.1, -0.05) is 12.1 Å². The number of likely N-dealkylation sites (tertiary alicyclic amines) is 1.